The zero-order chi connectivity index (χ0) is 12.9. The Morgan fingerprint density at radius 3 is 2.88 bits per heavy atom. The van der Waals surface area contributed by atoms with Crippen molar-refractivity contribution in [2.45, 2.75) is 19.8 Å². The van der Waals surface area contributed by atoms with Crippen LogP contribution in [0.2, 0.25) is 0 Å². The van der Waals surface area contributed by atoms with E-state index in [1.165, 1.54) is 0 Å². The van der Waals surface area contributed by atoms with Gasteiger partial charge >= 0.3 is 16.2 Å². The first-order valence-electron chi connectivity index (χ1n) is 5.27. The normalized spacial score (nSPS) is 21.6. The highest BCUT2D eigenvalue weighted by molar-refractivity contribution is 7.87. The van der Waals surface area contributed by atoms with Gasteiger partial charge in [0.05, 0.1) is 12.5 Å². The molecule has 0 aromatic carbocycles. The van der Waals surface area contributed by atoms with Gasteiger partial charge in [0.15, 0.2) is 0 Å². The second-order valence-electron chi connectivity index (χ2n) is 3.61. The van der Waals surface area contributed by atoms with Gasteiger partial charge in [0.2, 0.25) is 0 Å². The maximum absolute atomic E-state index is 11.5. The number of carbonyl (C=O) groups is 1. The van der Waals surface area contributed by atoms with Gasteiger partial charge in [-0.2, -0.15) is 12.7 Å². The van der Waals surface area contributed by atoms with Crippen molar-refractivity contribution in [3.63, 3.8) is 0 Å². The van der Waals surface area contributed by atoms with Crippen LogP contribution in [0.1, 0.15) is 19.8 Å². The van der Waals surface area contributed by atoms with Gasteiger partial charge in [-0.3, -0.25) is 4.79 Å². The van der Waals surface area contributed by atoms with Crippen LogP contribution in [0.4, 0.5) is 0 Å². The first-order chi connectivity index (χ1) is 8.01. The van der Waals surface area contributed by atoms with Crippen LogP contribution in [0, 0.1) is 5.92 Å². The summed E-state index contributed by atoms with van der Waals surface area (Å²) in [6.45, 7) is 2.20. The fourth-order valence-corrected chi connectivity index (χ4v) is 2.65. The molecular formula is C9H14N2O5S. The zero-order valence-corrected chi connectivity index (χ0v) is 10.3. The number of carbonyl (C=O) groups excluding carboxylic acids is 2. The minimum atomic E-state index is -3.99. The van der Waals surface area contributed by atoms with E-state index >= 15 is 0 Å². The Kier molecular flexibility index (Phi) is 4.80. The fraction of sp³-hybridized carbons (Fsp3) is 0.778. The molecule has 1 saturated heterocycles. The van der Waals surface area contributed by atoms with Crippen molar-refractivity contribution in [1.29, 1.82) is 0 Å². The number of nitrogens with zero attached hydrogens (tertiary/aromatic N) is 2. The molecule has 17 heavy (non-hydrogen) atoms. The molecule has 0 bridgehead atoms. The third kappa shape index (κ3) is 3.62. The number of rotatable bonds is 4. The number of hydrogen-bond acceptors (Lipinski definition) is 5. The summed E-state index contributed by atoms with van der Waals surface area (Å²) in [5.41, 5.74) is 0. The molecule has 0 spiro atoms. The van der Waals surface area contributed by atoms with E-state index in [1.54, 1.807) is 6.92 Å². The Bertz CT molecular complexity index is 427. The van der Waals surface area contributed by atoms with Crippen molar-refractivity contribution in [3.05, 3.63) is 0 Å². The number of hydrogen-bond donors (Lipinski definition) is 0. The predicted molar refractivity (Wildman–Crippen MR) is 58.0 cm³/mol. The molecule has 1 aliphatic heterocycles. The lowest BCUT2D eigenvalue weighted by Gasteiger charge is -2.28. The summed E-state index contributed by atoms with van der Waals surface area (Å²) in [5, 5.41) is 0. The van der Waals surface area contributed by atoms with Gasteiger partial charge in [-0.15, -0.1) is 0 Å². The molecule has 1 rings (SSSR count). The largest absolute Gasteiger partial charge is 0.466 e. The topological polar surface area (TPSA) is 93.1 Å². The van der Waals surface area contributed by atoms with Crippen LogP contribution in [-0.4, -0.2) is 44.5 Å². The van der Waals surface area contributed by atoms with Gasteiger partial charge in [-0.05, 0) is 19.8 Å². The molecule has 1 aliphatic rings. The number of ether oxygens (including phenoxy) is 1. The van der Waals surface area contributed by atoms with Crippen molar-refractivity contribution in [2.24, 2.45) is 10.3 Å². The molecule has 96 valence electrons. The van der Waals surface area contributed by atoms with E-state index in [0.29, 0.717) is 12.8 Å². The first-order valence-corrected chi connectivity index (χ1v) is 6.66. The average molecular weight is 262 g/mol. The molecule has 0 aliphatic carbocycles. The highest BCUT2D eigenvalue weighted by Gasteiger charge is 2.32. The molecule has 0 N–H and O–H groups in total. The van der Waals surface area contributed by atoms with Crippen LogP contribution < -0.4 is 0 Å². The summed E-state index contributed by atoms with van der Waals surface area (Å²) in [6.07, 6.45) is 2.12. The molecule has 0 aromatic rings. The Morgan fingerprint density at radius 1 is 1.59 bits per heavy atom. The molecule has 1 atom stereocenters. The maximum atomic E-state index is 11.5. The molecule has 1 unspecified atom stereocenters. The molecule has 0 saturated carbocycles. The van der Waals surface area contributed by atoms with Crippen molar-refractivity contribution in [3.8, 4) is 0 Å². The van der Waals surface area contributed by atoms with Crippen LogP contribution in [0.15, 0.2) is 4.40 Å². The average Bonchev–Trinajstić information content (AvgIpc) is 2.29. The highest BCUT2D eigenvalue weighted by Crippen LogP contribution is 2.20. The third-order valence-corrected chi connectivity index (χ3v) is 3.77. The molecule has 0 amide bonds. The van der Waals surface area contributed by atoms with Gasteiger partial charge < -0.3 is 4.74 Å². The standard InChI is InChI=1S/C9H14N2O5S/c1-2-16-9(13)8-4-3-5-11(6-8)17(14,15)10-7-12/h8H,2-6H2,1H3. The van der Waals surface area contributed by atoms with E-state index in [-0.39, 0.29) is 19.7 Å². The quantitative estimate of drug-likeness (QED) is 0.399. The van der Waals surface area contributed by atoms with E-state index in [1.807, 2.05) is 0 Å². The Balaban J connectivity index is 2.73. The maximum Gasteiger partial charge on any atom is 0.332 e. The van der Waals surface area contributed by atoms with E-state index < -0.39 is 22.1 Å². The van der Waals surface area contributed by atoms with Crippen LogP contribution >= 0.6 is 0 Å². The van der Waals surface area contributed by atoms with E-state index in [2.05, 4.69) is 4.40 Å². The summed E-state index contributed by atoms with van der Waals surface area (Å²) in [5.74, 6) is -0.900. The Labute approximate surface area is 99.6 Å². The van der Waals surface area contributed by atoms with Gasteiger partial charge in [-0.1, -0.05) is 4.40 Å². The molecular weight excluding hydrogens is 248 g/mol. The molecule has 1 fully saturated rings. The zero-order valence-electron chi connectivity index (χ0n) is 9.46. The Morgan fingerprint density at radius 2 is 2.29 bits per heavy atom. The molecule has 8 heteroatoms. The second-order valence-corrected chi connectivity index (χ2v) is 5.20. The van der Waals surface area contributed by atoms with Crippen molar-refractivity contribution in [2.75, 3.05) is 19.7 Å². The summed E-state index contributed by atoms with van der Waals surface area (Å²) >= 11 is 0. The van der Waals surface area contributed by atoms with Crippen LogP contribution in [0.3, 0.4) is 0 Å². The van der Waals surface area contributed by atoms with Crippen molar-refractivity contribution >= 4 is 22.3 Å². The smallest absolute Gasteiger partial charge is 0.332 e. The molecule has 0 aromatic heterocycles. The van der Waals surface area contributed by atoms with Crippen LogP contribution in [-0.2, 0) is 24.5 Å². The first kappa shape index (κ1) is 13.8. The minimum Gasteiger partial charge on any atom is -0.466 e. The number of isocyanates is 1. The van der Waals surface area contributed by atoms with Crippen molar-refractivity contribution in [1.82, 2.24) is 4.31 Å². The molecule has 0 radical (unpaired) electrons. The predicted octanol–water partition coefficient (Wildman–Crippen LogP) is -0.158. The van der Waals surface area contributed by atoms with E-state index in [4.69, 9.17) is 4.74 Å². The van der Waals surface area contributed by atoms with Gasteiger partial charge in [0.25, 0.3) is 6.08 Å². The fourth-order valence-electron chi connectivity index (χ4n) is 1.71. The molecule has 7 nitrogen and oxygen atoms in total. The van der Waals surface area contributed by atoms with Crippen LogP contribution in [0.5, 0.6) is 0 Å². The lowest BCUT2D eigenvalue weighted by molar-refractivity contribution is -0.149. The van der Waals surface area contributed by atoms with Crippen molar-refractivity contribution < 1.29 is 22.7 Å². The van der Waals surface area contributed by atoms with Gasteiger partial charge in [-0.25, -0.2) is 4.79 Å². The third-order valence-electron chi connectivity index (χ3n) is 2.48. The summed E-state index contributed by atoms with van der Waals surface area (Å²) < 4.78 is 31.5. The van der Waals surface area contributed by atoms with Gasteiger partial charge in [0.1, 0.15) is 0 Å². The monoisotopic (exact) mass is 262 g/mol. The minimum absolute atomic E-state index is 0.00630. The molecule has 1 heterocycles. The summed E-state index contributed by atoms with van der Waals surface area (Å²) in [6, 6.07) is 0. The van der Waals surface area contributed by atoms with E-state index in [0.717, 1.165) is 10.4 Å². The van der Waals surface area contributed by atoms with Gasteiger partial charge in [0, 0.05) is 13.1 Å². The lowest BCUT2D eigenvalue weighted by Crippen LogP contribution is -2.41. The lowest BCUT2D eigenvalue weighted by atomic mass is 10.0. The summed E-state index contributed by atoms with van der Waals surface area (Å²) in [4.78, 5) is 21.5. The summed E-state index contributed by atoms with van der Waals surface area (Å²) in [7, 11) is -3.99. The SMILES string of the molecule is CCOC(=O)C1CCCN(S(=O)(=O)N=C=O)C1. The number of piperidine rings is 1. The Hall–Kier alpha value is -1.24. The number of esters is 1. The highest BCUT2D eigenvalue weighted by atomic mass is 32.2. The second kappa shape index (κ2) is 5.90. The van der Waals surface area contributed by atoms with Crippen LogP contribution in [0.25, 0.3) is 0 Å². The van der Waals surface area contributed by atoms with E-state index in [9.17, 15) is 18.0 Å².